The first-order valence-corrected chi connectivity index (χ1v) is 6.48. The summed E-state index contributed by atoms with van der Waals surface area (Å²) in [5.74, 6) is 0.513. The van der Waals surface area contributed by atoms with Gasteiger partial charge in [-0.1, -0.05) is 6.92 Å². The van der Waals surface area contributed by atoms with Crippen molar-refractivity contribution in [3.63, 3.8) is 0 Å². The van der Waals surface area contributed by atoms with Gasteiger partial charge in [-0.15, -0.1) is 0 Å². The fraction of sp³-hybridized carbons (Fsp3) is 0.571. The van der Waals surface area contributed by atoms with E-state index in [0.29, 0.717) is 11.4 Å². The Morgan fingerprint density at radius 1 is 1.37 bits per heavy atom. The maximum absolute atomic E-state index is 10.9. The Morgan fingerprint density at radius 3 is 2.47 bits per heavy atom. The summed E-state index contributed by atoms with van der Waals surface area (Å²) in [6, 6.07) is 4.78. The second-order valence-corrected chi connectivity index (χ2v) is 5.50. The zero-order valence-corrected chi connectivity index (χ0v) is 12.2. The summed E-state index contributed by atoms with van der Waals surface area (Å²) in [5, 5.41) is 14.2. The fourth-order valence-corrected chi connectivity index (χ4v) is 1.58. The minimum atomic E-state index is -0.405. The first-order valence-electron chi connectivity index (χ1n) is 6.48. The smallest absolute Gasteiger partial charge is 0.275 e. The van der Waals surface area contributed by atoms with Crippen molar-refractivity contribution in [3.8, 4) is 5.75 Å². The van der Waals surface area contributed by atoms with E-state index < -0.39 is 4.92 Å². The predicted molar refractivity (Wildman–Crippen MR) is 76.9 cm³/mol. The van der Waals surface area contributed by atoms with Crippen LogP contribution in [0.15, 0.2) is 18.2 Å². The fourth-order valence-electron chi connectivity index (χ4n) is 1.58. The van der Waals surface area contributed by atoms with Gasteiger partial charge >= 0.3 is 0 Å². The maximum Gasteiger partial charge on any atom is 0.275 e. The minimum absolute atomic E-state index is 0.0194. The number of nitrogens with zero attached hydrogens (tertiary/aromatic N) is 1. The molecule has 0 atom stereocenters. The number of ether oxygens (including phenoxy) is 1. The van der Waals surface area contributed by atoms with Gasteiger partial charge in [0.2, 0.25) is 0 Å². The van der Waals surface area contributed by atoms with Crippen molar-refractivity contribution in [2.45, 2.75) is 52.7 Å². The van der Waals surface area contributed by atoms with Crippen molar-refractivity contribution >= 4 is 11.4 Å². The number of benzene rings is 1. The van der Waals surface area contributed by atoms with Crippen LogP contribution in [-0.4, -0.2) is 16.6 Å². The second kappa shape index (κ2) is 5.91. The molecule has 0 bridgehead atoms. The van der Waals surface area contributed by atoms with Crippen LogP contribution in [0.5, 0.6) is 5.75 Å². The number of nitro groups is 1. The summed E-state index contributed by atoms with van der Waals surface area (Å²) in [6.07, 6.45) is 0.893. The second-order valence-electron chi connectivity index (χ2n) is 5.50. The van der Waals surface area contributed by atoms with Crippen LogP contribution in [0.3, 0.4) is 0 Å². The lowest BCUT2D eigenvalue weighted by Gasteiger charge is -2.26. The maximum atomic E-state index is 10.9. The van der Waals surface area contributed by atoms with Crippen LogP contribution >= 0.6 is 0 Å². The molecule has 1 aromatic carbocycles. The van der Waals surface area contributed by atoms with Crippen LogP contribution in [0.1, 0.15) is 41.0 Å². The van der Waals surface area contributed by atoms with Crippen molar-refractivity contribution in [1.82, 2.24) is 0 Å². The number of nitrogens with one attached hydrogen (secondary N) is 1. The van der Waals surface area contributed by atoms with Crippen molar-refractivity contribution in [2.24, 2.45) is 0 Å². The molecule has 0 aromatic heterocycles. The lowest BCUT2D eigenvalue weighted by atomic mass is 10.0. The zero-order valence-electron chi connectivity index (χ0n) is 12.2. The van der Waals surface area contributed by atoms with E-state index in [1.807, 2.05) is 13.8 Å². The molecule has 0 aliphatic heterocycles. The summed E-state index contributed by atoms with van der Waals surface area (Å²) in [7, 11) is 0. The third-order valence-electron chi connectivity index (χ3n) is 2.84. The molecular weight excluding hydrogens is 244 g/mol. The third kappa shape index (κ3) is 4.77. The van der Waals surface area contributed by atoms with Gasteiger partial charge in [-0.2, -0.15) is 0 Å². The highest BCUT2D eigenvalue weighted by molar-refractivity contribution is 5.57. The van der Waals surface area contributed by atoms with Crippen molar-refractivity contribution < 1.29 is 9.66 Å². The van der Waals surface area contributed by atoms with Gasteiger partial charge in [0.25, 0.3) is 5.69 Å². The van der Waals surface area contributed by atoms with Crippen LogP contribution in [0.4, 0.5) is 11.4 Å². The average Bonchev–Trinajstić information content (AvgIpc) is 2.27. The predicted octanol–water partition coefficient (Wildman–Crippen LogP) is 3.98. The van der Waals surface area contributed by atoms with E-state index in [-0.39, 0.29) is 17.3 Å². The van der Waals surface area contributed by atoms with E-state index in [1.165, 1.54) is 12.1 Å². The topological polar surface area (TPSA) is 64.4 Å². The number of anilines is 1. The molecule has 0 unspecified atom stereocenters. The quantitative estimate of drug-likeness (QED) is 0.624. The summed E-state index contributed by atoms with van der Waals surface area (Å²) in [6.45, 7) is 9.95. The highest BCUT2D eigenvalue weighted by Gasteiger charge is 2.17. The van der Waals surface area contributed by atoms with Crippen LogP contribution in [-0.2, 0) is 0 Å². The molecule has 0 heterocycles. The van der Waals surface area contributed by atoms with E-state index >= 15 is 0 Å². The normalized spacial score (nSPS) is 11.5. The Morgan fingerprint density at radius 2 is 2.00 bits per heavy atom. The van der Waals surface area contributed by atoms with Gasteiger partial charge in [0.1, 0.15) is 5.75 Å². The number of non-ortho nitro benzene ring substituents is 1. The highest BCUT2D eigenvalue weighted by Crippen LogP contribution is 2.29. The van der Waals surface area contributed by atoms with Crippen LogP contribution in [0, 0.1) is 10.1 Å². The molecule has 1 aromatic rings. The molecule has 0 spiro atoms. The van der Waals surface area contributed by atoms with Gasteiger partial charge in [0, 0.05) is 23.4 Å². The lowest BCUT2D eigenvalue weighted by molar-refractivity contribution is -0.384. The van der Waals surface area contributed by atoms with E-state index in [2.05, 4.69) is 26.1 Å². The molecule has 0 saturated heterocycles. The third-order valence-corrected chi connectivity index (χ3v) is 2.84. The van der Waals surface area contributed by atoms with Crippen molar-refractivity contribution in [3.05, 3.63) is 28.3 Å². The van der Waals surface area contributed by atoms with Gasteiger partial charge in [0.05, 0.1) is 17.1 Å². The Hall–Kier alpha value is -1.78. The van der Waals surface area contributed by atoms with E-state index in [9.17, 15) is 10.1 Å². The molecule has 0 aliphatic rings. The summed E-state index contributed by atoms with van der Waals surface area (Å²) in [5.41, 5.74) is 0.619. The molecule has 106 valence electrons. The van der Waals surface area contributed by atoms with Crippen LogP contribution in [0.25, 0.3) is 0 Å². The SMILES string of the molecule is CCC(C)(C)Nc1cc(OC(C)C)cc([N+](=O)[O-])c1. The van der Waals surface area contributed by atoms with Gasteiger partial charge < -0.3 is 10.1 Å². The number of nitro benzene ring substituents is 1. The summed E-state index contributed by atoms with van der Waals surface area (Å²) < 4.78 is 5.55. The van der Waals surface area contributed by atoms with Crippen molar-refractivity contribution in [1.29, 1.82) is 0 Å². The number of hydrogen-bond acceptors (Lipinski definition) is 4. The first-order chi connectivity index (χ1) is 8.73. The Labute approximate surface area is 114 Å². The molecular formula is C14H22N2O3. The molecule has 5 heteroatoms. The van der Waals surface area contributed by atoms with Gasteiger partial charge in [-0.3, -0.25) is 10.1 Å². The van der Waals surface area contributed by atoms with E-state index in [4.69, 9.17) is 4.74 Å². The molecule has 1 N–H and O–H groups in total. The Balaban J connectivity index is 3.09. The van der Waals surface area contributed by atoms with E-state index in [1.54, 1.807) is 6.07 Å². The molecule has 1 rings (SSSR count). The number of rotatable bonds is 6. The highest BCUT2D eigenvalue weighted by atomic mass is 16.6. The first kappa shape index (κ1) is 15.3. The molecule has 0 fully saturated rings. The Kier molecular flexibility index (Phi) is 4.75. The summed E-state index contributed by atoms with van der Waals surface area (Å²) in [4.78, 5) is 10.5. The molecule has 0 saturated carbocycles. The van der Waals surface area contributed by atoms with Gasteiger partial charge in [-0.05, 0) is 34.1 Å². The molecule has 5 nitrogen and oxygen atoms in total. The van der Waals surface area contributed by atoms with Crippen LogP contribution < -0.4 is 10.1 Å². The average molecular weight is 266 g/mol. The molecule has 0 aliphatic carbocycles. The van der Waals surface area contributed by atoms with Gasteiger partial charge in [-0.25, -0.2) is 0 Å². The largest absolute Gasteiger partial charge is 0.491 e. The van der Waals surface area contributed by atoms with Crippen LogP contribution in [0.2, 0.25) is 0 Å². The molecule has 0 amide bonds. The number of hydrogen-bond donors (Lipinski definition) is 1. The molecule has 0 radical (unpaired) electrons. The monoisotopic (exact) mass is 266 g/mol. The molecule has 19 heavy (non-hydrogen) atoms. The van der Waals surface area contributed by atoms with E-state index in [0.717, 1.165) is 6.42 Å². The Bertz CT molecular complexity index is 456. The summed E-state index contributed by atoms with van der Waals surface area (Å²) >= 11 is 0. The lowest BCUT2D eigenvalue weighted by Crippen LogP contribution is -2.29. The minimum Gasteiger partial charge on any atom is -0.491 e. The van der Waals surface area contributed by atoms with Crippen molar-refractivity contribution in [2.75, 3.05) is 5.32 Å². The van der Waals surface area contributed by atoms with Gasteiger partial charge in [0.15, 0.2) is 0 Å². The zero-order chi connectivity index (χ0) is 14.6. The standard InChI is InChI=1S/C14H22N2O3/c1-6-14(4,5)15-11-7-12(16(17)18)9-13(8-11)19-10(2)3/h7-10,15H,6H2,1-5H3.